The van der Waals surface area contributed by atoms with E-state index in [0.29, 0.717) is 5.56 Å². The maximum atomic E-state index is 13.2. The minimum atomic E-state index is 0.0555. The number of carbonyl (C=O) groups is 1. The first-order valence-electron chi connectivity index (χ1n) is 8.44. The van der Waals surface area contributed by atoms with Gasteiger partial charge in [-0.05, 0) is 51.4 Å². The normalized spacial score (nSPS) is 11.2. The van der Waals surface area contributed by atoms with Gasteiger partial charge in [-0.1, -0.05) is 18.2 Å². The number of carbonyl (C=O) groups excluding carboxylic acids is 1. The van der Waals surface area contributed by atoms with Crippen molar-refractivity contribution >= 4 is 16.7 Å². The highest BCUT2D eigenvalue weighted by atomic mass is 16.5. The van der Waals surface area contributed by atoms with E-state index in [0.717, 1.165) is 41.0 Å². The van der Waals surface area contributed by atoms with E-state index >= 15 is 0 Å². The number of ketones is 1. The Balaban J connectivity index is 2.08. The quantitative estimate of drug-likeness (QED) is 0.643. The number of nitrogens with zero attached hydrogens (tertiary/aromatic N) is 2. The minimum absolute atomic E-state index is 0.0555. The summed E-state index contributed by atoms with van der Waals surface area (Å²) in [6, 6.07) is 15.4. The summed E-state index contributed by atoms with van der Waals surface area (Å²) in [5, 5.41) is 1.01. The number of ether oxygens (including phenoxy) is 1. The molecule has 0 aliphatic rings. The van der Waals surface area contributed by atoms with E-state index in [1.54, 1.807) is 7.11 Å². The van der Waals surface area contributed by atoms with Crippen molar-refractivity contribution in [3.05, 3.63) is 65.4 Å². The lowest BCUT2D eigenvalue weighted by Gasteiger charge is -2.13. The summed E-state index contributed by atoms with van der Waals surface area (Å²) in [6.45, 7) is 3.82. The van der Waals surface area contributed by atoms with Crippen LogP contribution < -0.4 is 4.74 Å². The number of hydrogen-bond acceptors (Lipinski definition) is 3. The average Bonchev–Trinajstić information content (AvgIpc) is 2.91. The van der Waals surface area contributed by atoms with Gasteiger partial charge < -0.3 is 14.2 Å². The van der Waals surface area contributed by atoms with E-state index < -0.39 is 0 Å². The van der Waals surface area contributed by atoms with Crippen LogP contribution in [0.1, 0.15) is 21.6 Å². The Morgan fingerprint density at radius 2 is 1.76 bits per heavy atom. The van der Waals surface area contributed by atoms with Crippen LogP contribution >= 0.6 is 0 Å². The van der Waals surface area contributed by atoms with Gasteiger partial charge in [-0.3, -0.25) is 4.79 Å². The molecule has 3 rings (SSSR count). The topological polar surface area (TPSA) is 34.5 Å². The Labute approximate surface area is 148 Å². The molecule has 0 unspecified atom stereocenters. The largest absolute Gasteiger partial charge is 0.497 e. The van der Waals surface area contributed by atoms with Crippen molar-refractivity contribution < 1.29 is 9.53 Å². The fourth-order valence-electron chi connectivity index (χ4n) is 3.19. The van der Waals surface area contributed by atoms with Gasteiger partial charge in [0.25, 0.3) is 0 Å². The number of fused-ring (bicyclic) bond motifs is 1. The number of para-hydroxylation sites is 1. The molecule has 0 atom stereocenters. The summed E-state index contributed by atoms with van der Waals surface area (Å²) >= 11 is 0. The van der Waals surface area contributed by atoms with Crippen molar-refractivity contribution in [2.24, 2.45) is 0 Å². The van der Waals surface area contributed by atoms with Crippen molar-refractivity contribution in [3.8, 4) is 5.75 Å². The summed E-state index contributed by atoms with van der Waals surface area (Å²) in [4.78, 5) is 15.3. The van der Waals surface area contributed by atoms with E-state index in [4.69, 9.17) is 4.74 Å². The Kier molecular flexibility index (Phi) is 4.91. The van der Waals surface area contributed by atoms with Crippen molar-refractivity contribution in [1.29, 1.82) is 0 Å². The molecule has 0 N–H and O–H groups in total. The molecule has 2 aromatic carbocycles. The Bertz CT molecular complexity index is 892. The molecule has 0 spiro atoms. The van der Waals surface area contributed by atoms with Gasteiger partial charge in [-0.15, -0.1) is 0 Å². The fraction of sp³-hybridized carbons (Fsp3) is 0.286. The first-order chi connectivity index (χ1) is 12.0. The predicted molar refractivity (Wildman–Crippen MR) is 102 cm³/mol. The van der Waals surface area contributed by atoms with Crippen LogP contribution in [0.2, 0.25) is 0 Å². The second-order valence-electron chi connectivity index (χ2n) is 6.49. The third-order valence-electron chi connectivity index (χ3n) is 4.58. The summed E-state index contributed by atoms with van der Waals surface area (Å²) in [5.74, 6) is 0.807. The number of methoxy groups -OCH3 is 1. The number of rotatable bonds is 6. The molecule has 0 fully saturated rings. The molecule has 25 heavy (non-hydrogen) atoms. The highest BCUT2D eigenvalue weighted by molar-refractivity contribution is 6.17. The number of benzene rings is 2. The maximum Gasteiger partial charge on any atom is 0.195 e. The first kappa shape index (κ1) is 17.2. The van der Waals surface area contributed by atoms with Crippen LogP contribution in [0, 0.1) is 6.92 Å². The van der Waals surface area contributed by atoms with Gasteiger partial charge in [0, 0.05) is 35.2 Å². The molecule has 0 saturated carbocycles. The number of hydrogen-bond donors (Lipinski definition) is 0. The van der Waals surface area contributed by atoms with Crippen LogP contribution in [0.4, 0.5) is 0 Å². The molecule has 3 aromatic rings. The van der Waals surface area contributed by atoms with Crippen LogP contribution in [-0.4, -0.2) is 43.0 Å². The monoisotopic (exact) mass is 336 g/mol. The lowest BCUT2D eigenvalue weighted by Crippen LogP contribution is -2.19. The summed E-state index contributed by atoms with van der Waals surface area (Å²) < 4.78 is 7.43. The van der Waals surface area contributed by atoms with Crippen molar-refractivity contribution in [1.82, 2.24) is 9.47 Å². The van der Waals surface area contributed by atoms with Gasteiger partial charge in [0.15, 0.2) is 5.78 Å². The van der Waals surface area contributed by atoms with E-state index in [1.807, 2.05) is 49.4 Å². The van der Waals surface area contributed by atoms with Gasteiger partial charge in [-0.2, -0.15) is 0 Å². The molecule has 130 valence electrons. The molecule has 4 nitrogen and oxygen atoms in total. The van der Waals surface area contributed by atoms with E-state index in [-0.39, 0.29) is 5.78 Å². The van der Waals surface area contributed by atoms with E-state index in [1.165, 1.54) is 0 Å². The zero-order valence-electron chi connectivity index (χ0n) is 15.2. The highest BCUT2D eigenvalue weighted by Crippen LogP contribution is 2.28. The smallest absolute Gasteiger partial charge is 0.195 e. The third-order valence-corrected chi connectivity index (χ3v) is 4.58. The molecule has 0 bridgehead atoms. The minimum Gasteiger partial charge on any atom is -0.497 e. The molecule has 0 radical (unpaired) electrons. The number of likely N-dealkylation sites (N-methyl/N-ethyl adjacent to an activating group) is 1. The van der Waals surface area contributed by atoms with E-state index in [9.17, 15) is 4.79 Å². The summed E-state index contributed by atoms with van der Waals surface area (Å²) in [7, 11) is 5.74. The molecular weight excluding hydrogens is 312 g/mol. The molecule has 0 aliphatic heterocycles. The lowest BCUT2D eigenvalue weighted by molar-refractivity contribution is 0.103. The average molecular weight is 336 g/mol. The number of aromatic nitrogens is 1. The lowest BCUT2D eigenvalue weighted by atomic mass is 10.0. The van der Waals surface area contributed by atoms with Crippen LogP contribution in [-0.2, 0) is 6.54 Å². The van der Waals surface area contributed by atoms with Crippen LogP contribution in [0.5, 0.6) is 5.75 Å². The zero-order chi connectivity index (χ0) is 18.0. The van der Waals surface area contributed by atoms with Gasteiger partial charge in [0.1, 0.15) is 5.75 Å². The van der Waals surface area contributed by atoms with Crippen molar-refractivity contribution in [3.63, 3.8) is 0 Å². The van der Waals surface area contributed by atoms with Crippen LogP contribution in [0.3, 0.4) is 0 Å². The van der Waals surface area contributed by atoms with Gasteiger partial charge in [-0.25, -0.2) is 0 Å². The Morgan fingerprint density at radius 1 is 1.08 bits per heavy atom. The van der Waals surface area contributed by atoms with E-state index in [2.05, 4.69) is 29.6 Å². The maximum absolute atomic E-state index is 13.2. The molecule has 0 saturated heterocycles. The zero-order valence-corrected chi connectivity index (χ0v) is 15.2. The van der Waals surface area contributed by atoms with Gasteiger partial charge in [0.05, 0.1) is 12.7 Å². The molecule has 1 aromatic heterocycles. The SMILES string of the molecule is COc1ccc(C(=O)c2c(C)n(CCN(C)C)c3ccccc23)cc1. The molecule has 1 heterocycles. The third kappa shape index (κ3) is 3.30. The first-order valence-corrected chi connectivity index (χ1v) is 8.44. The summed E-state index contributed by atoms with van der Waals surface area (Å²) in [6.07, 6.45) is 0. The van der Waals surface area contributed by atoms with Crippen molar-refractivity contribution in [2.45, 2.75) is 13.5 Å². The second-order valence-corrected chi connectivity index (χ2v) is 6.49. The van der Waals surface area contributed by atoms with Crippen LogP contribution in [0.25, 0.3) is 10.9 Å². The fourth-order valence-corrected chi connectivity index (χ4v) is 3.19. The molecule has 4 heteroatoms. The van der Waals surface area contributed by atoms with Crippen molar-refractivity contribution in [2.75, 3.05) is 27.7 Å². The Morgan fingerprint density at radius 3 is 2.40 bits per heavy atom. The molecular formula is C21H24N2O2. The molecule has 0 amide bonds. The summed E-state index contributed by atoms with van der Waals surface area (Å²) in [5.41, 5.74) is 3.60. The second kappa shape index (κ2) is 7.11. The Hall–Kier alpha value is -2.59. The van der Waals surface area contributed by atoms with Gasteiger partial charge in [0.2, 0.25) is 0 Å². The predicted octanol–water partition coefficient (Wildman–Crippen LogP) is 3.75. The van der Waals surface area contributed by atoms with Crippen LogP contribution in [0.15, 0.2) is 48.5 Å². The van der Waals surface area contributed by atoms with Gasteiger partial charge >= 0.3 is 0 Å². The molecule has 0 aliphatic carbocycles. The standard InChI is InChI=1S/C21H24N2O2/c1-15-20(21(24)16-9-11-17(25-4)12-10-16)18-7-5-6-8-19(18)23(15)14-13-22(2)3/h5-12H,13-14H2,1-4H3. The highest BCUT2D eigenvalue weighted by Gasteiger charge is 2.20.